The normalized spacial score (nSPS) is 30.9. The van der Waals surface area contributed by atoms with Gasteiger partial charge in [-0.05, 0) is 126 Å². The van der Waals surface area contributed by atoms with Crippen LogP contribution in [-0.2, 0) is 42.9 Å². The number of hydrogen-bond donors (Lipinski definition) is 6. The number of hydrogen-bond acceptors (Lipinski definition) is 20. The smallest absolute Gasteiger partial charge is 0.329 e. The third-order valence-electron chi connectivity index (χ3n) is 19.4. The van der Waals surface area contributed by atoms with E-state index >= 15 is 0 Å². The molecule has 0 unspecified atom stereocenters. The third kappa shape index (κ3) is 18.1. The zero-order valence-electron chi connectivity index (χ0n) is 54.7. The number of aliphatic hydroxyl groups is 5. The topological polar surface area (TPSA) is 289 Å². The number of esters is 1. The summed E-state index contributed by atoms with van der Waals surface area (Å²) in [4.78, 5) is 86.8. The fourth-order valence-electron chi connectivity index (χ4n) is 14.0. The Kier molecular flexibility index (Phi) is 26.1. The third-order valence-corrected chi connectivity index (χ3v) is 19.4. The highest BCUT2D eigenvalue weighted by Gasteiger charge is 2.57. The summed E-state index contributed by atoms with van der Waals surface area (Å²) in [7, 11) is 3.02. The molecule has 1 saturated carbocycles. The van der Waals surface area contributed by atoms with Gasteiger partial charge in [0.25, 0.3) is 11.7 Å². The number of terminal acetylenes is 1. The van der Waals surface area contributed by atoms with Crippen LogP contribution in [-0.4, -0.2) is 208 Å². The van der Waals surface area contributed by atoms with Gasteiger partial charge in [0.05, 0.1) is 36.5 Å². The van der Waals surface area contributed by atoms with Gasteiger partial charge in [0, 0.05) is 132 Å². The number of carbonyl (C=O) groups is 5. The van der Waals surface area contributed by atoms with Gasteiger partial charge in [-0.15, -0.1) is 6.42 Å². The molecule has 4 fully saturated rings. The molecule has 2 aromatic carbocycles. The molecule has 2 bridgehead atoms. The fourth-order valence-corrected chi connectivity index (χ4v) is 14.0. The van der Waals surface area contributed by atoms with E-state index in [1.807, 2.05) is 61.2 Å². The molecule has 22 heteroatoms. The minimum Gasteiger partial charge on any atom is -0.490 e. The number of nitrogens with one attached hydrogen (secondary N) is 1. The zero-order chi connectivity index (χ0) is 66.2. The number of benzene rings is 2. The number of carbonyl (C=O) groups excluding carboxylic acids is 5. The monoisotopic (exact) mass is 1280 g/mol. The van der Waals surface area contributed by atoms with Gasteiger partial charge in [0.2, 0.25) is 11.7 Å². The molecule has 5 aliphatic rings. The van der Waals surface area contributed by atoms with Crippen molar-refractivity contribution in [3.05, 3.63) is 71.6 Å². The van der Waals surface area contributed by atoms with Crippen molar-refractivity contribution in [2.45, 2.75) is 173 Å². The number of fused-ring (bicyclic) bond motifs is 4. The number of piperidine rings is 1. The first-order valence-electron chi connectivity index (χ1n) is 33.0. The first kappa shape index (κ1) is 71.5. The van der Waals surface area contributed by atoms with E-state index in [1.165, 1.54) is 20.5 Å². The number of ether oxygens (including phenoxy) is 6. The van der Waals surface area contributed by atoms with E-state index in [4.69, 9.17) is 34.8 Å². The van der Waals surface area contributed by atoms with E-state index in [-0.39, 0.29) is 81.5 Å². The molecule has 5 heterocycles. The summed E-state index contributed by atoms with van der Waals surface area (Å²) in [5, 5.41) is 58.7. The first-order valence-corrected chi connectivity index (χ1v) is 33.0. The largest absolute Gasteiger partial charge is 0.490 e. The van der Waals surface area contributed by atoms with E-state index in [1.54, 1.807) is 26.8 Å². The molecule has 4 aliphatic heterocycles. The van der Waals surface area contributed by atoms with E-state index < -0.39 is 83.9 Å². The van der Waals surface area contributed by atoms with Crippen LogP contribution in [0.3, 0.4) is 0 Å². The van der Waals surface area contributed by atoms with E-state index in [0.717, 1.165) is 21.7 Å². The second kappa shape index (κ2) is 33.6. The van der Waals surface area contributed by atoms with Crippen molar-refractivity contribution >= 4 is 51.8 Å². The Morgan fingerprint density at radius 3 is 2.35 bits per heavy atom. The van der Waals surface area contributed by atoms with E-state index in [0.29, 0.717) is 137 Å². The fraction of sp³-hybridized carbons (Fsp3) is 0.643. The van der Waals surface area contributed by atoms with Crippen molar-refractivity contribution in [3.63, 3.8) is 0 Å². The average molecular weight is 1280 g/mol. The number of piperazine rings is 1. The lowest BCUT2D eigenvalue weighted by Gasteiger charge is -2.47. The highest BCUT2D eigenvalue weighted by Crippen LogP contribution is 2.41. The van der Waals surface area contributed by atoms with Gasteiger partial charge in [-0.3, -0.25) is 24.1 Å². The molecule has 2 amide bonds. The maximum absolute atomic E-state index is 14.8. The van der Waals surface area contributed by atoms with Crippen LogP contribution in [0, 0.1) is 47.9 Å². The van der Waals surface area contributed by atoms with Crippen LogP contribution < -0.4 is 14.8 Å². The number of amides is 2. The summed E-state index contributed by atoms with van der Waals surface area (Å²) in [6.07, 6.45) is 10.4. The maximum Gasteiger partial charge on any atom is 0.329 e. The lowest BCUT2D eigenvalue weighted by atomic mass is 9.78. The Labute approximate surface area is 541 Å². The average Bonchev–Trinajstić information content (AvgIpc) is 0.790. The van der Waals surface area contributed by atoms with Crippen LogP contribution >= 0.6 is 0 Å². The van der Waals surface area contributed by atoms with Crippen LogP contribution in [0.1, 0.15) is 130 Å². The number of ketones is 2. The minimum atomic E-state index is -2.58. The molecule has 3 saturated heterocycles. The molecule has 0 spiro atoms. The molecule has 0 radical (unpaired) electrons. The van der Waals surface area contributed by atoms with Gasteiger partial charge in [0.15, 0.2) is 11.5 Å². The highest BCUT2D eigenvalue weighted by atomic mass is 16.7. The molecule has 1 aliphatic carbocycles. The molecule has 3 aromatic rings. The van der Waals surface area contributed by atoms with Crippen molar-refractivity contribution in [3.8, 4) is 23.8 Å². The molecule has 8 rings (SSSR count). The summed E-state index contributed by atoms with van der Waals surface area (Å²) in [5.41, 5.74) is 3.57. The Balaban J connectivity index is 0.967. The maximum atomic E-state index is 14.8. The van der Waals surface area contributed by atoms with Gasteiger partial charge in [-0.25, -0.2) is 14.8 Å². The Hall–Kier alpha value is -6.39. The number of aliphatic hydroxyl groups excluding tert-OH is 4. The summed E-state index contributed by atoms with van der Waals surface area (Å²) in [6.45, 7) is 12.2. The predicted molar refractivity (Wildman–Crippen MR) is 344 cm³/mol. The molecule has 504 valence electrons. The molecule has 14 atom stereocenters. The Morgan fingerprint density at radius 1 is 0.880 bits per heavy atom. The van der Waals surface area contributed by atoms with Crippen LogP contribution in [0.25, 0.3) is 10.9 Å². The summed E-state index contributed by atoms with van der Waals surface area (Å²) >= 11 is 0. The van der Waals surface area contributed by atoms with Crippen molar-refractivity contribution < 1.29 is 77.9 Å². The molecular formula is C70H98N6O16. The minimum absolute atomic E-state index is 0.0319. The summed E-state index contributed by atoms with van der Waals surface area (Å²) in [6, 6.07) is 9.87. The van der Waals surface area contributed by atoms with Crippen LogP contribution in [0.2, 0.25) is 0 Å². The SMILES string of the molecule is C#Cc1cccc(Nc2ncnc3cc(OCCCO)c(OCCN4CCN(C(=O)CCC[C@@H]5/C=C(\C)C[C@H](C)C[C@H](OC)[C@H]6O[C@@](O)(C(=O)C(=O)N7CCCC[C@H]7C(=O)O[C@H](/C(C)=C/[C@@H]7CC[C@@H](O)[C@H](CO)C7)[C@H](C)[C@@H](O)CC5=O)[C@H](C)C[C@@H]6OC)CC4)cc23)c1. The second-order valence-corrected chi connectivity index (χ2v) is 26.2. The lowest BCUT2D eigenvalue weighted by Crippen LogP contribution is -2.64. The highest BCUT2D eigenvalue weighted by molar-refractivity contribution is 6.39. The number of aromatic nitrogens is 2. The van der Waals surface area contributed by atoms with Gasteiger partial charge >= 0.3 is 5.97 Å². The number of cyclic esters (lactones) is 1. The van der Waals surface area contributed by atoms with Crippen molar-refractivity contribution in [1.29, 1.82) is 0 Å². The number of anilines is 2. The number of rotatable bonds is 19. The number of Topliss-reactive ketones (excluding diaryl/α,β-unsaturated/α-hetero) is 2. The molecule has 92 heavy (non-hydrogen) atoms. The van der Waals surface area contributed by atoms with E-state index in [9.17, 15) is 49.5 Å². The summed E-state index contributed by atoms with van der Waals surface area (Å²) in [5.74, 6) is -4.81. The number of allylic oxidation sites excluding steroid dienone is 3. The molecule has 1 aromatic heterocycles. The van der Waals surface area contributed by atoms with Crippen LogP contribution in [0.15, 0.2) is 66.0 Å². The van der Waals surface area contributed by atoms with Gasteiger partial charge in [-0.1, -0.05) is 50.5 Å². The van der Waals surface area contributed by atoms with Crippen molar-refractivity contribution in [1.82, 2.24) is 24.7 Å². The van der Waals surface area contributed by atoms with Crippen LogP contribution in [0.4, 0.5) is 11.5 Å². The first-order chi connectivity index (χ1) is 44.2. The molecular weight excluding hydrogens is 1180 g/mol. The lowest BCUT2D eigenvalue weighted by molar-refractivity contribution is -0.302. The Bertz CT molecular complexity index is 3110. The van der Waals surface area contributed by atoms with Crippen molar-refractivity contribution in [2.24, 2.45) is 35.5 Å². The predicted octanol–water partition coefficient (Wildman–Crippen LogP) is 6.48. The van der Waals surface area contributed by atoms with Gasteiger partial charge in [0.1, 0.15) is 42.8 Å². The molecule has 22 nitrogen and oxygen atoms in total. The molecule has 6 N–H and O–H groups in total. The van der Waals surface area contributed by atoms with Crippen LogP contribution in [0.5, 0.6) is 11.5 Å². The number of nitrogens with zero attached hydrogens (tertiary/aromatic N) is 5. The van der Waals surface area contributed by atoms with Gasteiger partial charge < -0.3 is 69.1 Å². The van der Waals surface area contributed by atoms with Gasteiger partial charge in [-0.2, -0.15) is 0 Å². The quantitative estimate of drug-likeness (QED) is 0.0246. The second-order valence-electron chi connectivity index (χ2n) is 26.2. The Morgan fingerprint density at radius 2 is 1.62 bits per heavy atom. The van der Waals surface area contributed by atoms with Crippen molar-refractivity contribution in [2.75, 3.05) is 85.2 Å². The standard InChI is InChI=1S/C70H98N6O16/c1-9-48-15-12-17-52(37-48)73-67-53-38-59(60(89-29-14-28-77)39-54(53)71-42-72-67)90-30-27-74-23-25-75(26-24-74)63(82)19-13-16-50-32-43(2)31-44(3)33-61(87-7)65-62(88-8)35-46(5)70(86,92-65)66(83)68(84)76-22-11-10-18-55(76)69(85)91-64(47(6)57(80)40-58(50)81)45(4)34-49-20-21-56(79)51(36-49)41-78/h1,12,15,17,32,34,37-39,42,44,46-47,49-51,55-57,61-62,64-65,77-80,86H,10-11,13-14,16,18-31,33,35-36,40-41H2,2-8H3,(H,71,72,73)/b43-32+,45-34+/t44-,46+,47+,49-,50+,51-,55-,56+,57-,61-,62-,64+,65+,70+/m0/s1. The zero-order valence-corrected chi connectivity index (χ0v) is 54.7. The van der Waals surface area contributed by atoms with E-state index in [2.05, 4.69) is 26.1 Å². The number of methoxy groups -OCH3 is 2. The summed E-state index contributed by atoms with van der Waals surface area (Å²) < 4.78 is 37.2.